The summed E-state index contributed by atoms with van der Waals surface area (Å²) in [5.74, 6) is -0.544. The zero-order valence-corrected chi connectivity index (χ0v) is 16.8. The SMILES string of the molecule is CCCn1nc(C(=O)Nc2cc(C)nn2-c2cc(C(F)(F)F)ccc2Cl)ccc1=O. The molecule has 0 aliphatic heterocycles. The van der Waals surface area contributed by atoms with Crippen LogP contribution in [0, 0.1) is 6.92 Å². The smallest absolute Gasteiger partial charge is 0.305 e. The quantitative estimate of drug-likeness (QED) is 0.649. The van der Waals surface area contributed by atoms with E-state index in [0.29, 0.717) is 18.7 Å². The Morgan fingerprint density at radius 3 is 2.57 bits per heavy atom. The number of halogens is 4. The molecule has 1 N–H and O–H groups in total. The van der Waals surface area contributed by atoms with Crippen molar-refractivity contribution >= 4 is 23.3 Å². The molecular formula is C19H17ClF3N5O2. The van der Waals surface area contributed by atoms with Gasteiger partial charge in [0.1, 0.15) is 11.5 Å². The molecule has 0 atom stereocenters. The number of carbonyl (C=O) groups excluding carboxylic acids is 1. The highest BCUT2D eigenvalue weighted by molar-refractivity contribution is 6.32. The summed E-state index contributed by atoms with van der Waals surface area (Å²) in [5, 5.41) is 10.8. The Morgan fingerprint density at radius 1 is 1.17 bits per heavy atom. The van der Waals surface area contributed by atoms with Crippen molar-refractivity contribution < 1.29 is 18.0 Å². The number of hydrogen-bond donors (Lipinski definition) is 1. The lowest BCUT2D eigenvalue weighted by molar-refractivity contribution is -0.137. The van der Waals surface area contributed by atoms with E-state index in [1.165, 1.54) is 22.9 Å². The van der Waals surface area contributed by atoms with Crippen molar-refractivity contribution in [3.63, 3.8) is 0 Å². The van der Waals surface area contributed by atoms with Crippen molar-refractivity contribution in [1.82, 2.24) is 19.6 Å². The van der Waals surface area contributed by atoms with Crippen LogP contribution in [0.4, 0.5) is 19.0 Å². The maximum absolute atomic E-state index is 13.1. The third kappa shape index (κ3) is 4.54. The van der Waals surface area contributed by atoms with Gasteiger partial charge >= 0.3 is 6.18 Å². The fraction of sp³-hybridized carbons (Fsp3) is 0.263. The molecule has 0 saturated carbocycles. The van der Waals surface area contributed by atoms with Crippen LogP contribution in [0.1, 0.15) is 35.1 Å². The topological polar surface area (TPSA) is 81.8 Å². The van der Waals surface area contributed by atoms with Crippen molar-refractivity contribution in [3.05, 3.63) is 68.7 Å². The highest BCUT2D eigenvalue weighted by atomic mass is 35.5. The molecule has 0 bridgehead atoms. The van der Waals surface area contributed by atoms with Gasteiger partial charge in [0.15, 0.2) is 0 Å². The van der Waals surface area contributed by atoms with Crippen molar-refractivity contribution in [2.45, 2.75) is 33.0 Å². The van der Waals surface area contributed by atoms with Crippen LogP contribution in [0.3, 0.4) is 0 Å². The summed E-state index contributed by atoms with van der Waals surface area (Å²) in [6.07, 6.45) is -3.92. The number of benzene rings is 1. The normalized spacial score (nSPS) is 11.5. The first-order valence-corrected chi connectivity index (χ1v) is 9.31. The minimum Gasteiger partial charge on any atom is -0.305 e. The molecule has 3 rings (SSSR count). The number of amides is 1. The van der Waals surface area contributed by atoms with E-state index in [-0.39, 0.29) is 27.8 Å². The van der Waals surface area contributed by atoms with E-state index in [1.807, 2.05) is 6.92 Å². The number of nitrogens with zero attached hydrogens (tertiary/aromatic N) is 4. The second-order valence-corrected chi connectivity index (χ2v) is 6.89. The van der Waals surface area contributed by atoms with Gasteiger partial charge in [0.05, 0.1) is 22.0 Å². The lowest BCUT2D eigenvalue weighted by Crippen LogP contribution is -2.26. The van der Waals surface area contributed by atoms with Gasteiger partial charge in [0, 0.05) is 18.7 Å². The summed E-state index contributed by atoms with van der Waals surface area (Å²) in [6.45, 7) is 3.82. The zero-order chi connectivity index (χ0) is 22.1. The summed E-state index contributed by atoms with van der Waals surface area (Å²) in [4.78, 5) is 24.4. The molecule has 2 heterocycles. The molecule has 1 amide bonds. The van der Waals surface area contributed by atoms with Crippen molar-refractivity contribution in [1.29, 1.82) is 0 Å². The Morgan fingerprint density at radius 2 is 1.90 bits per heavy atom. The van der Waals surface area contributed by atoms with E-state index in [1.54, 1.807) is 6.92 Å². The van der Waals surface area contributed by atoms with Crippen LogP contribution in [-0.2, 0) is 12.7 Å². The fourth-order valence-electron chi connectivity index (χ4n) is 2.75. The predicted octanol–water partition coefficient (Wildman–Crippen LogP) is 4.07. The lowest BCUT2D eigenvalue weighted by atomic mass is 10.2. The summed E-state index contributed by atoms with van der Waals surface area (Å²) in [7, 11) is 0. The number of anilines is 1. The van der Waals surface area contributed by atoms with E-state index < -0.39 is 17.6 Å². The highest BCUT2D eigenvalue weighted by Crippen LogP contribution is 2.34. The molecular weight excluding hydrogens is 423 g/mol. The maximum Gasteiger partial charge on any atom is 0.416 e. The molecule has 0 unspecified atom stereocenters. The molecule has 2 aromatic heterocycles. The first kappa shape index (κ1) is 21.6. The third-order valence-corrected chi connectivity index (χ3v) is 4.43. The Kier molecular flexibility index (Phi) is 5.97. The largest absolute Gasteiger partial charge is 0.416 e. The van der Waals surface area contributed by atoms with Crippen LogP contribution in [0.5, 0.6) is 0 Å². The number of aryl methyl sites for hydroxylation is 2. The summed E-state index contributed by atoms with van der Waals surface area (Å²) < 4.78 is 41.6. The Bertz CT molecular complexity index is 1150. The van der Waals surface area contributed by atoms with Gasteiger partial charge in [-0.05, 0) is 37.6 Å². The third-order valence-electron chi connectivity index (χ3n) is 4.11. The number of nitrogens with one attached hydrogen (secondary N) is 1. The fourth-order valence-corrected chi connectivity index (χ4v) is 2.94. The van der Waals surface area contributed by atoms with Gasteiger partial charge in [-0.25, -0.2) is 9.36 Å². The Balaban J connectivity index is 1.98. The monoisotopic (exact) mass is 439 g/mol. The Labute approximate surface area is 174 Å². The first-order chi connectivity index (χ1) is 14.1. The lowest BCUT2D eigenvalue weighted by Gasteiger charge is -2.13. The Hall–Kier alpha value is -3.14. The molecule has 0 radical (unpaired) electrons. The second-order valence-electron chi connectivity index (χ2n) is 6.48. The van der Waals surface area contributed by atoms with E-state index >= 15 is 0 Å². The van der Waals surface area contributed by atoms with Gasteiger partial charge in [-0.1, -0.05) is 18.5 Å². The van der Waals surface area contributed by atoms with Gasteiger partial charge in [0.25, 0.3) is 11.5 Å². The summed E-state index contributed by atoms with van der Waals surface area (Å²) in [6, 6.07) is 6.81. The van der Waals surface area contributed by atoms with Crippen LogP contribution in [0.25, 0.3) is 5.69 Å². The van der Waals surface area contributed by atoms with E-state index in [9.17, 15) is 22.8 Å². The second kappa shape index (κ2) is 8.31. The summed E-state index contributed by atoms with van der Waals surface area (Å²) in [5.41, 5.74) is -0.865. The van der Waals surface area contributed by atoms with Gasteiger partial charge in [-0.15, -0.1) is 0 Å². The molecule has 0 saturated heterocycles. The van der Waals surface area contributed by atoms with Gasteiger partial charge < -0.3 is 5.32 Å². The average molecular weight is 440 g/mol. The van der Waals surface area contributed by atoms with E-state index in [4.69, 9.17) is 11.6 Å². The molecule has 3 aromatic rings. The number of alkyl halides is 3. The molecule has 0 fully saturated rings. The molecule has 7 nitrogen and oxygen atoms in total. The molecule has 158 valence electrons. The molecule has 0 aliphatic carbocycles. The van der Waals surface area contributed by atoms with Crippen LogP contribution in [-0.4, -0.2) is 25.5 Å². The predicted molar refractivity (Wildman–Crippen MR) is 105 cm³/mol. The first-order valence-electron chi connectivity index (χ1n) is 8.93. The van der Waals surface area contributed by atoms with Crippen LogP contribution in [0.15, 0.2) is 41.2 Å². The van der Waals surface area contributed by atoms with Crippen LogP contribution in [0.2, 0.25) is 5.02 Å². The van der Waals surface area contributed by atoms with Gasteiger partial charge in [0.2, 0.25) is 0 Å². The van der Waals surface area contributed by atoms with Crippen LogP contribution >= 0.6 is 11.6 Å². The van der Waals surface area contributed by atoms with E-state index in [0.717, 1.165) is 22.9 Å². The number of hydrogen-bond acceptors (Lipinski definition) is 4. The standard InChI is InChI=1S/C19H17ClF3N5O2/c1-3-8-27-17(29)7-6-14(26-27)18(30)24-16-9-11(2)25-28(16)15-10-12(19(21,22)23)4-5-13(15)20/h4-7,9-10H,3,8H2,1-2H3,(H,24,30). The van der Waals surface area contributed by atoms with Crippen molar-refractivity contribution in [2.24, 2.45) is 0 Å². The molecule has 30 heavy (non-hydrogen) atoms. The minimum absolute atomic E-state index is 0.0243. The highest BCUT2D eigenvalue weighted by Gasteiger charge is 2.31. The molecule has 0 aliphatic rings. The van der Waals surface area contributed by atoms with Crippen molar-refractivity contribution in [3.8, 4) is 5.69 Å². The molecule has 1 aromatic carbocycles. The zero-order valence-electron chi connectivity index (χ0n) is 16.0. The van der Waals surface area contributed by atoms with Gasteiger partial charge in [-0.2, -0.15) is 23.4 Å². The van der Waals surface area contributed by atoms with Crippen LogP contribution < -0.4 is 10.9 Å². The van der Waals surface area contributed by atoms with Gasteiger partial charge in [-0.3, -0.25) is 9.59 Å². The summed E-state index contributed by atoms with van der Waals surface area (Å²) >= 11 is 6.10. The minimum atomic E-state index is -4.57. The number of carbonyl (C=O) groups is 1. The maximum atomic E-state index is 13.1. The molecule has 11 heteroatoms. The molecule has 0 spiro atoms. The number of aromatic nitrogens is 4. The van der Waals surface area contributed by atoms with E-state index in [2.05, 4.69) is 15.5 Å². The van der Waals surface area contributed by atoms with Crippen molar-refractivity contribution in [2.75, 3.05) is 5.32 Å². The number of rotatable bonds is 5. The average Bonchev–Trinajstić information content (AvgIpc) is 3.03.